The first-order valence-electron chi connectivity index (χ1n) is 6.57. The van der Waals surface area contributed by atoms with Crippen molar-refractivity contribution in [2.45, 2.75) is 0 Å². The molecule has 2 N–H and O–H groups in total. The van der Waals surface area contributed by atoms with Crippen molar-refractivity contribution in [1.29, 1.82) is 0 Å². The third kappa shape index (κ3) is 4.42. The maximum atomic E-state index is 11.3. The predicted octanol–water partition coefficient (Wildman–Crippen LogP) is 4.43. The highest BCUT2D eigenvalue weighted by Crippen LogP contribution is 2.16. The van der Waals surface area contributed by atoms with E-state index in [2.05, 4.69) is 5.16 Å². The lowest BCUT2D eigenvalue weighted by atomic mass is 10.1. The molecule has 0 spiro atoms. The second-order valence-electron chi connectivity index (χ2n) is 4.19. The summed E-state index contributed by atoms with van der Waals surface area (Å²) < 4.78 is 9.92. The number of aromatic nitrogens is 1. The summed E-state index contributed by atoms with van der Waals surface area (Å²) in [4.78, 5) is 11.3. The summed E-state index contributed by atoms with van der Waals surface area (Å²) in [5.74, 6) is -1.09. The van der Waals surface area contributed by atoms with Gasteiger partial charge in [0.25, 0.3) is 0 Å². The van der Waals surface area contributed by atoms with Gasteiger partial charge in [0.15, 0.2) is 0 Å². The third-order valence-electron chi connectivity index (χ3n) is 2.67. The average Bonchev–Trinajstić information content (AvgIpc) is 2.52. The van der Waals surface area contributed by atoms with Crippen LogP contribution in [-0.2, 0) is 0 Å². The molecule has 0 amide bonds. The van der Waals surface area contributed by atoms with E-state index in [9.17, 15) is 9.90 Å². The number of rotatable bonds is 1. The Kier molecular flexibility index (Phi) is 5.63. The Balaban J connectivity index is 2.76. The molecular formula is C17H15NO4. The molecular weight excluding hydrogens is 282 g/mol. The molecule has 5 nitrogen and oxygen atoms in total. The van der Waals surface area contributed by atoms with Crippen molar-refractivity contribution >= 4 is 16.9 Å². The number of aromatic amines is 1. The van der Waals surface area contributed by atoms with Gasteiger partial charge in [-0.2, -0.15) is 9.84 Å². The first kappa shape index (κ1) is 15.2. The van der Waals surface area contributed by atoms with Crippen molar-refractivity contribution < 1.29 is 19.2 Å². The van der Waals surface area contributed by atoms with Crippen molar-refractivity contribution in [3.8, 4) is 0 Å². The fourth-order valence-electron chi connectivity index (χ4n) is 1.68. The van der Waals surface area contributed by atoms with Gasteiger partial charge >= 0.3 is 5.97 Å². The second kappa shape index (κ2) is 8.16. The van der Waals surface area contributed by atoms with Crippen LogP contribution in [-0.4, -0.2) is 16.2 Å². The largest absolute Gasteiger partial charge is 0.478 e. The number of nitrogens with one attached hydrogen (secondary N) is 1. The van der Waals surface area contributed by atoms with E-state index in [0.29, 0.717) is 5.39 Å². The lowest BCUT2D eigenvalue weighted by molar-refractivity contribution is 0.00656. The molecule has 0 aliphatic carbocycles. The van der Waals surface area contributed by atoms with Gasteiger partial charge in [-0.1, -0.05) is 60.7 Å². The van der Waals surface area contributed by atoms with Crippen molar-refractivity contribution in [2.75, 3.05) is 0 Å². The van der Waals surface area contributed by atoms with Crippen LogP contribution in [0.2, 0.25) is 0 Å². The molecule has 112 valence electrons. The van der Waals surface area contributed by atoms with Crippen LogP contribution < -0.4 is 0 Å². The number of carbonyl (C=O) groups is 1. The first-order chi connectivity index (χ1) is 10.8. The lowest BCUT2D eigenvalue weighted by Gasteiger charge is -1.95. The number of benzene rings is 1. The van der Waals surface area contributed by atoms with E-state index in [0.717, 1.165) is 0 Å². The van der Waals surface area contributed by atoms with Crippen molar-refractivity contribution in [2.24, 2.45) is 0 Å². The molecule has 0 aliphatic heterocycles. The number of hydrogen-bond acceptors (Lipinski definition) is 3. The fraction of sp³-hybridized carbons (Fsp3) is 0. The van der Waals surface area contributed by atoms with E-state index >= 15 is 0 Å². The van der Waals surface area contributed by atoms with Crippen molar-refractivity contribution in [3.05, 3.63) is 84.6 Å². The summed E-state index contributed by atoms with van der Waals surface area (Å²) in [5.41, 5.74) is 0.141. The molecule has 1 aromatic carbocycles. The fourth-order valence-corrected chi connectivity index (χ4v) is 1.68. The Morgan fingerprint density at radius 1 is 0.864 bits per heavy atom. The summed E-state index contributed by atoms with van der Waals surface area (Å²) >= 11 is 0. The minimum Gasteiger partial charge on any atom is -0.478 e. The molecule has 0 radical (unpaired) electrons. The number of carboxylic acids is 1. The van der Waals surface area contributed by atoms with Crippen LogP contribution in [0.25, 0.3) is 11.0 Å². The summed E-state index contributed by atoms with van der Waals surface area (Å²) in [5, 5.41) is 12.3. The molecule has 2 aromatic rings. The number of fused-ring (bicyclic) bond motifs is 1. The van der Waals surface area contributed by atoms with E-state index < -0.39 is 5.97 Å². The van der Waals surface area contributed by atoms with Gasteiger partial charge in [-0.25, -0.2) is 4.79 Å². The van der Waals surface area contributed by atoms with Gasteiger partial charge in [-0.05, 0) is 12.1 Å². The summed E-state index contributed by atoms with van der Waals surface area (Å²) in [6.45, 7) is 0. The van der Waals surface area contributed by atoms with Gasteiger partial charge in [0, 0.05) is 11.6 Å². The van der Waals surface area contributed by atoms with Crippen LogP contribution in [0.1, 0.15) is 10.4 Å². The lowest BCUT2D eigenvalue weighted by Crippen LogP contribution is -1.96. The van der Waals surface area contributed by atoms with E-state index in [4.69, 9.17) is 9.26 Å². The topological polar surface area (TPSA) is 79.4 Å². The highest BCUT2D eigenvalue weighted by molar-refractivity contribution is 6.00. The highest BCUT2D eigenvalue weighted by Gasteiger charge is 2.09. The van der Waals surface area contributed by atoms with Crippen LogP contribution in [0.3, 0.4) is 0 Å². The van der Waals surface area contributed by atoms with Gasteiger partial charge in [0.1, 0.15) is 5.56 Å². The van der Waals surface area contributed by atoms with Crippen LogP contribution in [0.4, 0.5) is 0 Å². The zero-order chi connectivity index (χ0) is 15.6. The molecule has 0 bridgehead atoms. The molecule has 0 aliphatic rings. The third-order valence-corrected chi connectivity index (χ3v) is 2.67. The van der Waals surface area contributed by atoms with Gasteiger partial charge in [0.2, 0.25) is 5.58 Å². The van der Waals surface area contributed by atoms with E-state index in [-0.39, 0.29) is 11.1 Å². The monoisotopic (exact) mass is 297 g/mol. The maximum Gasteiger partial charge on any atom is 0.339 e. The van der Waals surface area contributed by atoms with Crippen LogP contribution >= 0.6 is 0 Å². The zero-order valence-electron chi connectivity index (χ0n) is 11.7. The zero-order valence-corrected chi connectivity index (χ0v) is 11.7. The minimum absolute atomic E-state index is 0.0148. The molecule has 0 saturated heterocycles. The average molecular weight is 297 g/mol. The summed E-state index contributed by atoms with van der Waals surface area (Å²) in [6.07, 6.45) is 1.51. The van der Waals surface area contributed by atoms with Gasteiger partial charge in [-0.3, -0.25) is 4.58 Å². The number of hydrogen-bond donors (Lipinski definition) is 2. The van der Waals surface area contributed by atoms with Crippen molar-refractivity contribution in [3.63, 3.8) is 0 Å². The molecule has 2 rings (SSSR count). The molecule has 22 heavy (non-hydrogen) atoms. The minimum atomic E-state index is -1.09. The number of carboxylic acid groups (broad SMARTS) is 1. The molecule has 0 atom stereocenters. The Morgan fingerprint density at radius 3 is 2.23 bits per heavy atom. The van der Waals surface area contributed by atoms with Crippen LogP contribution in [0.15, 0.2) is 88.3 Å². The quantitative estimate of drug-likeness (QED) is 0.763. The van der Waals surface area contributed by atoms with Crippen LogP contribution in [0.5, 0.6) is 0 Å². The van der Waals surface area contributed by atoms with Gasteiger partial charge in [-0.15, -0.1) is 0 Å². The summed E-state index contributed by atoms with van der Waals surface area (Å²) in [6, 6.07) is 21.2. The normalized spacial score (nSPS) is 9.27. The van der Waals surface area contributed by atoms with E-state index in [1.54, 1.807) is 36.4 Å². The van der Waals surface area contributed by atoms with Gasteiger partial charge < -0.3 is 5.11 Å². The SMILES string of the molecule is O=C(O)c1cccc2cccccccccc[nH]ooc12. The second-order valence-corrected chi connectivity index (χ2v) is 4.19. The van der Waals surface area contributed by atoms with E-state index in [1.807, 2.05) is 30.3 Å². The van der Waals surface area contributed by atoms with Crippen molar-refractivity contribution in [1.82, 2.24) is 5.16 Å². The maximum absolute atomic E-state index is 11.3. The molecule has 0 saturated carbocycles. The molecule has 1 heterocycles. The smallest absolute Gasteiger partial charge is 0.339 e. The Bertz CT molecular complexity index is 797. The predicted molar refractivity (Wildman–Crippen MR) is 82.7 cm³/mol. The Labute approximate surface area is 126 Å². The first-order valence-corrected chi connectivity index (χ1v) is 6.57. The molecule has 1 aromatic heterocycles. The van der Waals surface area contributed by atoms with Gasteiger partial charge in [0.05, 0.1) is 0 Å². The Hall–Kier alpha value is -3.21. The standard InChI is InChI=1S/C17H15NO4/c19-17(20)15-12-9-11-14-10-7-5-3-1-2-4-6-8-13-18-22-21-16(14)15/h1-13,18H,(H,19,20). The number of H-pyrrole nitrogens is 1. The summed E-state index contributed by atoms with van der Waals surface area (Å²) in [7, 11) is 0. The highest BCUT2D eigenvalue weighted by atomic mass is 17.0. The number of para-hydroxylation sites is 1. The molecule has 5 heteroatoms. The number of aromatic carboxylic acids is 1. The Morgan fingerprint density at radius 2 is 1.50 bits per heavy atom. The molecule has 0 unspecified atom stereocenters. The van der Waals surface area contributed by atoms with E-state index in [1.165, 1.54) is 12.3 Å². The van der Waals surface area contributed by atoms with Crippen LogP contribution in [0, 0.1) is 0 Å². The molecule has 0 fully saturated rings.